The number of oxime groups is 1. The summed E-state index contributed by atoms with van der Waals surface area (Å²) in [6.07, 6.45) is 0. The lowest BCUT2D eigenvalue weighted by atomic mass is 10.2. The van der Waals surface area contributed by atoms with Crippen molar-refractivity contribution < 1.29 is 14.3 Å². The van der Waals surface area contributed by atoms with Crippen molar-refractivity contribution in [1.82, 2.24) is 9.97 Å². The molecular weight excluding hydrogens is 263 g/mol. The molecule has 0 saturated heterocycles. The number of rotatable bonds is 4. The summed E-state index contributed by atoms with van der Waals surface area (Å²) in [5.41, 5.74) is 6.68. The molecule has 104 valence electrons. The molecule has 0 bridgehead atoms. The molecule has 6 nitrogen and oxygen atoms in total. The molecule has 3 N–H and O–H groups in total. The van der Waals surface area contributed by atoms with Crippen LogP contribution in [0.2, 0.25) is 0 Å². The van der Waals surface area contributed by atoms with E-state index in [2.05, 4.69) is 15.1 Å². The van der Waals surface area contributed by atoms with E-state index >= 15 is 0 Å². The van der Waals surface area contributed by atoms with Crippen molar-refractivity contribution >= 4 is 5.84 Å². The maximum atomic E-state index is 13.4. The molecule has 0 amide bonds. The molecule has 0 unspecified atom stereocenters. The molecule has 1 aromatic heterocycles. The van der Waals surface area contributed by atoms with Gasteiger partial charge in [-0.15, -0.1) is 0 Å². The Bertz CT molecular complexity index is 646. The Morgan fingerprint density at radius 1 is 1.40 bits per heavy atom. The highest BCUT2D eigenvalue weighted by molar-refractivity contribution is 5.95. The van der Waals surface area contributed by atoms with E-state index in [0.29, 0.717) is 11.3 Å². The van der Waals surface area contributed by atoms with Crippen molar-refractivity contribution in [2.45, 2.75) is 13.5 Å². The van der Waals surface area contributed by atoms with Crippen molar-refractivity contribution in [3.8, 4) is 6.01 Å². The van der Waals surface area contributed by atoms with Crippen molar-refractivity contribution in [3.05, 3.63) is 53.1 Å². The Labute approximate surface area is 114 Å². The Kier molecular flexibility index (Phi) is 4.09. The van der Waals surface area contributed by atoms with E-state index < -0.39 is 0 Å². The van der Waals surface area contributed by atoms with Gasteiger partial charge in [0.05, 0.1) is 0 Å². The zero-order valence-corrected chi connectivity index (χ0v) is 10.7. The van der Waals surface area contributed by atoms with Crippen LogP contribution in [0.15, 0.2) is 35.5 Å². The van der Waals surface area contributed by atoms with Gasteiger partial charge in [0.15, 0.2) is 5.84 Å². The van der Waals surface area contributed by atoms with Gasteiger partial charge in [0.2, 0.25) is 0 Å². The minimum Gasteiger partial charge on any atom is -0.458 e. The second-order valence-electron chi connectivity index (χ2n) is 4.04. The van der Waals surface area contributed by atoms with Gasteiger partial charge in [-0.05, 0) is 19.1 Å². The summed E-state index contributed by atoms with van der Waals surface area (Å²) < 4.78 is 18.8. The molecule has 0 aliphatic rings. The zero-order chi connectivity index (χ0) is 14.5. The quantitative estimate of drug-likeness (QED) is 0.383. The fraction of sp³-hybridized carbons (Fsp3) is 0.154. The number of nitrogens with two attached hydrogens (primary N) is 1. The summed E-state index contributed by atoms with van der Waals surface area (Å²) in [6.45, 7) is 1.71. The van der Waals surface area contributed by atoms with E-state index in [4.69, 9.17) is 15.7 Å². The second kappa shape index (κ2) is 5.96. The van der Waals surface area contributed by atoms with Gasteiger partial charge < -0.3 is 15.7 Å². The predicted molar refractivity (Wildman–Crippen MR) is 70.0 cm³/mol. The fourth-order valence-electron chi connectivity index (χ4n) is 1.55. The number of ether oxygens (including phenoxy) is 1. The van der Waals surface area contributed by atoms with Crippen LogP contribution in [-0.4, -0.2) is 21.0 Å². The first-order valence-corrected chi connectivity index (χ1v) is 5.80. The first kappa shape index (κ1) is 13.7. The highest BCUT2D eigenvalue weighted by Gasteiger charge is 2.08. The highest BCUT2D eigenvalue weighted by Crippen LogP contribution is 2.12. The molecular formula is C13H13FN4O2. The topological polar surface area (TPSA) is 93.6 Å². The maximum Gasteiger partial charge on any atom is 0.317 e. The summed E-state index contributed by atoms with van der Waals surface area (Å²) in [7, 11) is 0. The van der Waals surface area contributed by atoms with Gasteiger partial charge in [-0.3, -0.25) is 0 Å². The molecule has 0 saturated carbocycles. The highest BCUT2D eigenvalue weighted by atomic mass is 19.1. The average molecular weight is 276 g/mol. The molecule has 2 rings (SSSR count). The standard InChI is InChI=1S/C13H13FN4O2/c1-8-6-11(12(15)18-19)17-13(16-8)20-7-9-4-2-3-5-10(9)14/h2-6,19H,7H2,1H3,(H2,15,18). The summed E-state index contributed by atoms with van der Waals surface area (Å²) in [6, 6.07) is 7.84. The van der Waals surface area contributed by atoms with E-state index in [0.717, 1.165) is 0 Å². The lowest BCUT2D eigenvalue weighted by Gasteiger charge is -2.07. The number of amidine groups is 1. The minimum atomic E-state index is -0.364. The van der Waals surface area contributed by atoms with Gasteiger partial charge in [0.25, 0.3) is 0 Å². The number of hydrogen-bond acceptors (Lipinski definition) is 5. The number of nitrogens with zero attached hydrogens (tertiary/aromatic N) is 3. The van der Waals surface area contributed by atoms with Crippen molar-refractivity contribution in [3.63, 3.8) is 0 Å². The Morgan fingerprint density at radius 3 is 2.85 bits per heavy atom. The van der Waals surface area contributed by atoms with Gasteiger partial charge >= 0.3 is 6.01 Å². The third kappa shape index (κ3) is 3.19. The lowest BCUT2D eigenvalue weighted by molar-refractivity contribution is 0.274. The first-order valence-electron chi connectivity index (χ1n) is 5.80. The first-order chi connectivity index (χ1) is 9.60. The van der Waals surface area contributed by atoms with Crippen LogP contribution in [0.4, 0.5) is 4.39 Å². The SMILES string of the molecule is Cc1cc(/C(N)=N/O)nc(OCc2ccccc2F)n1. The second-order valence-corrected chi connectivity index (χ2v) is 4.04. The number of halogens is 1. The van der Waals surface area contributed by atoms with Crippen LogP contribution in [0.25, 0.3) is 0 Å². The predicted octanol–water partition coefficient (Wildman–Crippen LogP) is 1.60. The normalized spacial score (nSPS) is 11.4. The van der Waals surface area contributed by atoms with E-state index in [1.807, 2.05) is 0 Å². The monoisotopic (exact) mass is 276 g/mol. The third-order valence-corrected chi connectivity index (χ3v) is 2.52. The molecule has 0 aliphatic carbocycles. The van der Waals surface area contributed by atoms with Crippen molar-refractivity contribution in [2.75, 3.05) is 0 Å². The fourth-order valence-corrected chi connectivity index (χ4v) is 1.55. The molecule has 20 heavy (non-hydrogen) atoms. The Balaban J connectivity index is 2.18. The number of hydrogen-bond donors (Lipinski definition) is 2. The van der Waals surface area contributed by atoms with Gasteiger partial charge in [-0.25, -0.2) is 9.37 Å². The average Bonchev–Trinajstić information content (AvgIpc) is 2.45. The van der Waals surface area contributed by atoms with Crippen molar-refractivity contribution in [2.24, 2.45) is 10.9 Å². The van der Waals surface area contributed by atoms with Crippen LogP contribution in [0.1, 0.15) is 17.0 Å². The van der Waals surface area contributed by atoms with Crippen LogP contribution in [0.5, 0.6) is 6.01 Å². The van der Waals surface area contributed by atoms with Gasteiger partial charge in [0, 0.05) is 11.3 Å². The van der Waals surface area contributed by atoms with E-state index in [-0.39, 0.29) is 30.0 Å². The molecule has 0 radical (unpaired) electrons. The number of aromatic nitrogens is 2. The van der Waals surface area contributed by atoms with E-state index in [1.165, 1.54) is 6.07 Å². The minimum absolute atomic E-state index is 0.00820. The molecule has 0 spiro atoms. The molecule has 1 aromatic carbocycles. The summed E-state index contributed by atoms with van der Waals surface area (Å²) in [5, 5.41) is 11.5. The summed E-state index contributed by atoms with van der Waals surface area (Å²) in [4.78, 5) is 8.02. The maximum absolute atomic E-state index is 13.4. The van der Waals surface area contributed by atoms with Crippen LogP contribution < -0.4 is 10.5 Å². The van der Waals surface area contributed by atoms with E-state index in [1.54, 1.807) is 31.2 Å². The molecule has 2 aromatic rings. The summed E-state index contributed by atoms with van der Waals surface area (Å²) in [5.74, 6) is -0.511. The van der Waals surface area contributed by atoms with E-state index in [9.17, 15) is 4.39 Å². The van der Waals surface area contributed by atoms with Crippen molar-refractivity contribution in [1.29, 1.82) is 0 Å². The Morgan fingerprint density at radius 2 is 2.15 bits per heavy atom. The largest absolute Gasteiger partial charge is 0.458 e. The zero-order valence-electron chi connectivity index (χ0n) is 10.7. The van der Waals surface area contributed by atoms with Gasteiger partial charge in [-0.2, -0.15) is 4.98 Å². The van der Waals surface area contributed by atoms with Crippen LogP contribution in [-0.2, 0) is 6.61 Å². The molecule has 0 atom stereocenters. The van der Waals surface area contributed by atoms with Crippen LogP contribution in [0.3, 0.4) is 0 Å². The summed E-state index contributed by atoms with van der Waals surface area (Å²) >= 11 is 0. The molecule has 0 fully saturated rings. The van der Waals surface area contributed by atoms with Crippen LogP contribution >= 0.6 is 0 Å². The Hall–Kier alpha value is -2.70. The number of benzene rings is 1. The molecule has 1 heterocycles. The third-order valence-electron chi connectivity index (χ3n) is 2.52. The van der Waals surface area contributed by atoms with Gasteiger partial charge in [0.1, 0.15) is 18.1 Å². The smallest absolute Gasteiger partial charge is 0.317 e. The number of aryl methyl sites for hydroxylation is 1. The van der Waals surface area contributed by atoms with Gasteiger partial charge in [-0.1, -0.05) is 23.4 Å². The molecule has 7 heteroatoms. The van der Waals surface area contributed by atoms with Crippen LogP contribution in [0, 0.1) is 12.7 Å². The molecule has 0 aliphatic heterocycles. The lowest BCUT2D eigenvalue weighted by Crippen LogP contribution is -2.16.